The summed E-state index contributed by atoms with van der Waals surface area (Å²) in [5, 5.41) is 5.75. The summed E-state index contributed by atoms with van der Waals surface area (Å²) >= 11 is 0. The van der Waals surface area contributed by atoms with Crippen LogP contribution in [0.3, 0.4) is 0 Å². The number of hydrogen-bond donors (Lipinski definition) is 2. The normalized spacial score (nSPS) is 20.4. The zero-order valence-electron chi connectivity index (χ0n) is 12.3. The molecule has 0 radical (unpaired) electrons. The van der Waals surface area contributed by atoms with Crippen LogP contribution in [0.15, 0.2) is 0 Å². The van der Waals surface area contributed by atoms with E-state index in [-0.39, 0.29) is 18.0 Å². The molecule has 110 valence electrons. The molecule has 0 spiro atoms. The zero-order chi connectivity index (χ0) is 14.3. The van der Waals surface area contributed by atoms with E-state index in [0.717, 1.165) is 32.1 Å². The highest BCUT2D eigenvalue weighted by atomic mass is 16.6. The lowest BCUT2D eigenvalue weighted by Gasteiger charge is -2.20. The van der Waals surface area contributed by atoms with Crippen molar-refractivity contribution in [1.82, 2.24) is 10.6 Å². The maximum Gasteiger partial charge on any atom is 0.407 e. The summed E-state index contributed by atoms with van der Waals surface area (Å²) < 4.78 is 5.15. The second-order valence-corrected chi connectivity index (χ2v) is 6.08. The van der Waals surface area contributed by atoms with Crippen molar-refractivity contribution in [3.8, 4) is 0 Å². The minimum absolute atomic E-state index is 0.155. The molecular formula is C14H26N2O3. The molecule has 2 amide bonds. The molecule has 1 fully saturated rings. The molecular weight excluding hydrogens is 244 g/mol. The Labute approximate surface area is 115 Å². The first-order valence-electron chi connectivity index (χ1n) is 7.13. The molecule has 1 saturated heterocycles. The van der Waals surface area contributed by atoms with Gasteiger partial charge in [-0.2, -0.15) is 0 Å². The lowest BCUT2D eigenvalue weighted by Crippen LogP contribution is -2.35. The minimum atomic E-state index is -0.459. The summed E-state index contributed by atoms with van der Waals surface area (Å²) in [6, 6.07) is 0.260. The van der Waals surface area contributed by atoms with Gasteiger partial charge in [0.2, 0.25) is 5.91 Å². The van der Waals surface area contributed by atoms with Crippen molar-refractivity contribution in [2.24, 2.45) is 0 Å². The molecule has 2 N–H and O–H groups in total. The van der Waals surface area contributed by atoms with Crippen molar-refractivity contribution >= 4 is 12.0 Å². The summed E-state index contributed by atoms with van der Waals surface area (Å²) in [5.41, 5.74) is -0.459. The molecule has 19 heavy (non-hydrogen) atoms. The summed E-state index contributed by atoms with van der Waals surface area (Å²) in [5.74, 6) is 0.155. The molecule has 1 aliphatic heterocycles. The lowest BCUT2D eigenvalue weighted by molar-refractivity contribution is -0.121. The van der Waals surface area contributed by atoms with Crippen molar-refractivity contribution < 1.29 is 14.3 Å². The molecule has 5 nitrogen and oxygen atoms in total. The lowest BCUT2D eigenvalue weighted by atomic mass is 10.1. The minimum Gasteiger partial charge on any atom is -0.444 e. The van der Waals surface area contributed by atoms with E-state index in [1.54, 1.807) is 0 Å². The molecule has 1 heterocycles. The maximum atomic E-state index is 11.4. The predicted molar refractivity (Wildman–Crippen MR) is 73.9 cm³/mol. The summed E-state index contributed by atoms with van der Waals surface area (Å²) in [4.78, 5) is 22.8. The summed E-state index contributed by atoms with van der Waals surface area (Å²) in [6.07, 6.45) is 5.15. The molecule has 0 bridgehead atoms. The van der Waals surface area contributed by atoms with Gasteiger partial charge in [0.05, 0.1) is 0 Å². The Morgan fingerprint density at radius 2 is 2.16 bits per heavy atom. The molecule has 1 aliphatic rings. The zero-order valence-corrected chi connectivity index (χ0v) is 12.3. The van der Waals surface area contributed by atoms with E-state index < -0.39 is 5.60 Å². The van der Waals surface area contributed by atoms with Crippen molar-refractivity contribution in [2.45, 2.75) is 70.9 Å². The Bertz CT molecular complexity index is 310. The maximum absolute atomic E-state index is 11.4. The van der Waals surface area contributed by atoms with Crippen LogP contribution in [0, 0.1) is 0 Å². The average Bonchev–Trinajstić information content (AvgIpc) is 2.47. The Morgan fingerprint density at radius 1 is 1.42 bits per heavy atom. The van der Waals surface area contributed by atoms with Gasteiger partial charge in [-0.1, -0.05) is 6.42 Å². The van der Waals surface area contributed by atoms with Crippen LogP contribution in [0.1, 0.15) is 59.3 Å². The number of alkyl carbamates (subject to hydrolysis) is 1. The highest BCUT2D eigenvalue weighted by molar-refractivity contribution is 5.76. The molecule has 5 heteroatoms. The van der Waals surface area contributed by atoms with Crippen LogP contribution in [0.25, 0.3) is 0 Å². The van der Waals surface area contributed by atoms with Crippen molar-refractivity contribution in [3.05, 3.63) is 0 Å². The van der Waals surface area contributed by atoms with Crippen LogP contribution >= 0.6 is 0 Å². The number of ether oxygens (including phenoxy) is 1. The molecule has 0 aromatic heterocycles. The summed E-state index contributed by atoms with van der Waals surface area (Å²) in [7, 11) is 0. The van der Waals surface area contributed by atoms with E-state index in [0.29, 0.717) is 13.0 Å². The first-order valence-corrected chi connectivity index (χ1v) is 7.13. The van der Waals surface area contributed by atoms with Gasteiger partial charge in [0.1, 0.15) is 5.60 Å². The SMILES string of the molecule is CC(C)(C)OC(=O)NCCCC1CCCCC(=O)N1. The third-order valence-corrected chi connectivity index (χ3v) is 2.97. The first kappa shape index (κ1) is 15.8. The second kappa shape index (κ2) is 7.36. The van der Waals surface area contributed by atoms with Gasteiger partial charge in [0.25, 0.3) is 0 Å². The molecule has 0 saturated carbocycles. The molecule has 0 aromatic carbocycles. The Hall–Kier alpha value is -1.26. The van der Waals surface area contributed by atoms with Crippen LogP contribution < -0.4 is 10.6 Å². The largest absolute Gasteiger partial charge is 0.444 e. The van der Waals surface area contributed by atoms with E-state index >= 15 is 0 Å². The third kappa shape index (κ3) is 7.70. The van der Waals surface area contributed by atoms with Gasteiger partial charge in [0.15, 0.2) is 0 Å². The van der Waals surface area contributed by atoms with Gasteiger partial charge >= 0.3 is 6.09 Å². The van der Waals surface area contributed by atoms with E-state index in [1.807, 2.05) is 20.8 Å². The standard InChI is InChI=1S/C14H26N2O3/c1-14(2,3)19-13(18)15-10-6-8-11-7-4-5-9-12(17)16-11/h11H,4-10H2,1-3H3,(H,15,18)(H,16,17). The van der Waals surface area contributed by atoms with Crippen molar-refractivity contribution in [3.63, 3.8) is 0 Å². The highest BCUT2D eigenvalue weighted by Gasteiger charge is 2.17. The molecule has 1 rings (SSSR count). The fraction of sp³-hybridized carbons (Fsp3) is 0.857. The van der Waals surface area contributed by atoms with Crippen LogP contribution in [-0.4, -0.2) is 30.2 Å². The molecule has 1 atom stereocenters. The third-order valence-electron chi connectivity index (χ3n) is 2.97. The van der Waals surface area contributed by atoms with E-state index in [1.165, 1.54) is 0 Å². The fourth-order valence-corrected chi connectivity index (χ4v) is 2.12. The molecule has 1 unspecified atom stereocenters. The second-order valence-electron chi connectivity index (χ2n) is 6.08. The van der Waals surface area contributed by atoms with E-state index in [4.69, 9.17) is 4.74 Å². The van der Waals surface area contributed by atoms with Gasteiger partial charge in [-0.25, -0.2) is 4.79 Å². The molecule has 0 aromatic rings. The van der Waals surface area contributed by atoms with Gasteiger partial charge in [-0.05, 0) is 46.5 Å². The first-order chi connectivity index (χ1) is 8.87. The summed E-state index contributed by atoms with van der Waals surface area (Å²) in [6.45, 7) is 6.11. The predicted octanol–water partition coefficient (Wildman–Crippen LogP) is 2.35. The highest BCUT2D eigenvalue weighted by Crippen LogP contribution is 2.13. The number of carbonyl (C=O) groups is 2. The number of rotatable bonds is 4. The molecule has 0 aliphatic carbocycles. The quantitative estimate of drug-likeness (QED) is 0.771. The van der Waals surface area contributed by atoms with Crippen molar-refractivity contribution in [2.75, 3.05) is 6.54 Å². The van der Waals surface area contributed by atoms with E-state index in [9.17, 15) is 9.59 Å². The number of carbonyl (C=O) groups excluding carboxylic acids is 2. The van der Waals surface area contributed by atoms with E-state index in [2.05, 4.69) is 10.6 Å². The van der Waals surface area contributed by atoms with Gasteiger partial charge < -0.3 is 15.4 Å². The number of nitrogens with one attached hydrogen (secondary N) is 2. The van der Waals surface area contributed by atoms with Crippen LogP contribution in [0.5, 0.6) is 0 Å². The van der Waals surface area contributed by atoms with Gasteiger partial charge in [-0.3, -0.25) is 4.79 Å². The monoisotopic (exact) mass is 270 g/mol. The van der Waals surface area contributed by atoms with Crippen LogP contribution in [0.4, 0.5) is 4.79 Å². The Balaban J connectivity index is 2.13. The number of amides is 2. The average molecular weight is 270 g/mol. The van der Waals surface area contributed by atoms with Crippen molar-refractivity contribution in [1.29, 1.82) is 0 Å². The fourth-order valence-electron chi connectivity index (χ4n) is 2.12. The van der Waals surface area contributed by atoms with Gasteiger partial charge in [0, 0.05) is 19.0 Å². The van der Waals surface area contributed by atoms with Crippen LogP contribution in [0.2, 0.25) is 0 Å². The smallest absolute Gasteiger partial charge is 0.407 e. The number of hydrogen-bond acceptors (Lipinski definition) is 3. The Kier molecular flexibility index (Phi) is 6.12. The van der Waals surface area contributed by atoms with Gasteiger partial charge in [-0.15, -0.1) is 0 Å². The van der Waals surface area contributed by atoms with Crippen LogP contribution in [-0.2, 0) is 9.53 Å². The topological polar surface area (TPSA) is 67.4 Å². The Morgan fingerprint density at radius 3 is 2.84 bits per heavy atom.